The fourth-order valence-corrected chi connectivity index (χ4v) is 3.65. The van der Waals surface area contributed by atoms with Crippen LogP contribution >= 0.6 is 11.8 Å². The summed E-state index contributed by atoms with van der Waals surface area (Å²) in [5, 5.41) is 0. The highest BCUT2D eigenvalue weighted by atomic mass is 32.2. The van der Waals surface area contributed by atoms with Crippen LogP contribution in [-0.2, 0) is 9.59 Å². The number of carbonyl (C=O) groups is 2. The van der Waals surface area contributed by atoms with E-state index in [-0.39, 0.29) is 30.4 Å². The molecule has 0 unspecified atom stereocenters. The van der Waals surface area contributed by atoms with Gasteiger partial charge in [0.05, 0.1) is 11.4 Å². The third-order valence-electron chi connectivity index (χ3n) is 3.50. The van der Waals surface area contributed by atoms with E-state index in [9.17, 15) is 9.59 Å². The van der Waals surface area contributed by atoms with Crippen LogP contribution in [0.15, 0.2) is 29.2 Å². The Morgan fingerprint density at radius 1 is 1.24 bits per heavy atom. The number of anilines is 1. The summed E-state index contributed by atoms with van der Waals surface area (Å²) < 4.78 is 0. The molecule has 1 aliphatic heterocycles. The van der Waals surface area contributed by atoms with Crippen molar-refractivity contribution in [3.63, 3.8) is 0 Å². The van der Waals surface area contributed by atoms with E-state index in [1.54, 1.807) is 4.90 Å². The largest absolute Gasteiger partial charge is 0.336 e. The third-order valence-corrected chi connectivity index (χ3v) is 4.55. The van der Waals surface area contributed by atoms with Crippen molar-refractivity contribution in [3.05, 3.63) is 24.3 Å². The predicted molar refractivity (Wildman–Crippen MR) is 86.6 cm³/mol. The maximum atomic E-state index is 12.6. The summed E-state index contributed by atoms with van der Waals surface area (Å²) in [7, 11) is 0. The molecule has 0 spiro atoms. The molecule has 2 rings (SSSR count). The number of nitrogens with zero attached hydrogens (tertiary/aromatic N) is 2. The second kappa shape index (κ2) is 6.52. The van der Waals surface area contributed by atoms with Crippen molar-refractivity contribution < 1.29 is 9.59 Å². The third kappa shape index (κ3) is 3.40. The molecule has 0 saturated heterocycles. The zero-order valence-electron chi connectivity index (χ0n) is 13.0. The van der Waals surface area contributed by atoms with Gasteiger partial charge in [-0.15, -0.1) is 11.8 Å². The van der Waals surface area contributed by atoms with Gasteiger partial charge >= 0.3 is 0 Å². The summed E-state index contributed by atoms with van der Waals surface area (Å²) in [5.41, 5.74) is 0.847. The Morgan fingerprint density at radius 3 is 2.48 bits per heavy atom. The first-order valence-corrected chi connectivity index (χ1v) is 8.23. The molecule has 4 nitrogen and oxygen atoms in total. The highest BCUT2D eigenvalue weighted by molar-refractivity contribution is 8.00. The highest BCUT2D eigenvalue weighted by Crippen LogP contribution is 2.34. The van der Waals surface area contributed by atoms with Gasteiger partial charge in [0.1, 0.15) is 6.54 Å². The van der Waals surface area contributed by atoms with E-state index in [0.29, 0.717) is 5.75 Å². The number of rotatable bonds is 4. The molecule has 1 aliphatic rings. The monoisotopic (exact) mass is 306 g/mol. The number of fused-ring (bicyclic) bond motifs is 1. The van der Waals surface area contributed by atoms with Gasteiger partial charge in [-0.05, 0) is 39.8 Å². The maximum absolute atomic E-state index is 12.6. The summed E-state index contributed by atoms with van der Waals surface area (Å²) in [6.45, 7) is 8.12. The van der Waals surface area contributed by atoms with Gasteiger partial charge in [-0.25, -0.2) is 0 Å². The van der Waals surface area contributed by atoms with Crippen LogP contribution in [0, 0.1) is 0 Å². The van der Waals surface area contributed by atoms with E-state index in [1.165, 1.54) is 11.8 Å². The van der Waals surface area contributed by atoms with Crippen LogP contribution in [0.5, 0.6) is 0 Å². The zero-order valence-corrected chi connectivity index (χ0v) is 13.8. The molecule has 5 heteroatoms. The Hall–Kier alpha value is -1.49. The van der Waals surface area contributed by atoms with Gasteiger partial charge in [0.15, 0.2) is 0 Å². The van der Waals surface area contributed by atoms with Crippen molar-refractivity contribution in [1.29, 1.82) is 0 Å². The quantitative estimate of drug-likeness (QED) is 0.859. The molecular formula is C16H22N2O2S. The van der Waals surface area contributed by atoms with Gasteiger partial charge in [-0.1, -0.05) is 12.1 Å². The number of carbonyl (C=O) groups excluding carboxylic acids is 2. The molecule has 0 bridgehead atoms. The zero-order chi connectivity index (χ0) is 15.6. The standard InChI is InChI=1S/C16H22N2O2S/c1-11(2)18(12(3)4)15(19)9-17-13-7-5-6-8-14(13)21-10-16(17)20/h5-8,11-12H,9-10H2,1-4H3. The molecular weight excluding hydrogens is 284 g/mol. The van der Waals surface area contributed by atoms with Crippen LogP contribution in [-0.4, -0.2) is 41.1 Å². The van der Waals surface area contributed by atoms with Crippen LogP contribution in [0.3, 0.4) is 0 Å². The first-order valence-electron chi connectivity index (χ1n) is 7.25. The summed E-state index contributed by atoms with van der Waals surface area (Å²) in [6.07, 6.45) is 0. The van der Waals surface area contributed by atoms with Crippen LogP contribution in [0.4, 0.5) is 5.69 Å². The Balaban J connectivity index is 2.22. The summed E-state index contributed by atoms with van der Waals surface area (Å²) in [4.78, 5) is 29.3. The number of thioether (sulfide) groups is 1. The second-order valence-corrected chi connectivity index (χ2v) is 6.74. The minimum atomic E-state index is -0.00458. The number of amides is 2. The Kier molecular flexibility index (Phi) is 4.93. The van der Waals surface area contributed by atoms with E-state index >= 15 is 0 Å². The van der Waals surface area contributed by atoms with Crippen molar-refractivity contribution in [2.75, 3.05) is 17.2 Å². The Bertz CT molecular complexity index is 535. The van der Waals surface area contributed by atoms with Gasteiger partial charge in [0.25, 0.3) is 0 Å². The minimum absolute atomic E-state index is 0.000452. The number of benzene rings is 1. The SMILES string of the molecule is CC(C)N(C(=O)CN1C(=O)CSc2ccccc21)C(C)C. The summed E-state index contributed by atoms with van der Waals surface area (Å²) in [5.74, 6) is 0.391. The molecule has 0 saturated carbocycles. The van der Waals surface area contributed by atoms with Gasteiger partial charge in [0, 0.05) is 17.0 Å². The fourth-order valence-electron chi connectivity index (χ4n) is 2.72. The van der Waals surface area contributed by atoms with Crippen LogP contribution < -0.4 is 4.90 Å². The molecule has 114 valence electrons. The molecule has 1 aromatic carbocycles. The topological polar surface area (TPSA) is 40.6 Å². The van der Waals surface area contributed by atoms with E-state index in [4.69, 9.17) is 0 Å². The molecule has 21 heavy (non-hydrogen) atoms. The summed E-state index contributed by atoms with van der Waals surface area (Å²) in [6, 6.07) is 8.01. The lowest BCUT2D eigenvalue weighted by Gasteiger charge is -2.34. The molecule has 1 aromatic rings. The second-order valence-electron chi connectivity index (χ2n) is 5.72. The Labute approximate surface area is 130 Å². The van der Waals surface area contributed by atoms with E-state index in [2.05, 4.69) is 0 Å². The van der Waals surface area contributed by atoms with Gasteiger partial charge in [-0.3, -0.25) is 9.59 Å². The average Bonchev–Trinajstić information content (AvgIpc) is 2.41. The molecule has 2 amide bonds. The van der Waals surface area contributed by atoms with Gasteiger partial charge in [0.2, 0.25) is 11.8 Å². The van der Waals surface area contributed by atoms with Crippen molar-refractivity contribution in [1.82, 2.24) is 4.90 Å². The van der Waals surface area contributed by atoms with E-state index in [1.807, 2.05) is 56.9 Å². The van der Waals surface area contributed by atoms with Crippen molar-refractivity contribution >= 4 is 29.3 Å². The number of hydrogen-bond donors (Lipinski definition) is 0. The average molecular weight is 306 g/mol. The number of hydrogen-bond acceptors (Lipinski definition) is 3. The lowest BCUT2D eigenvalue weighted by molar-refractivity contribution is -0.134. The molecule has 0 N–H and O–H groups in total. The highest BCUT2D eigenvalue weighted by Gasteiger charge is 2.29. The smallest absolute Gasteiger partial charge is 0.243 e. The Morgan fingerprint density at radius 2 is 1.86 bits per heavy atom. The normalized spacial score (nSPS) is 14.6. The molecule has 0 atom stereocenters. The molecule has 0 radical (unpaired) electrons. The van der Waals surface area contributed by atoms with Crippen LogP contribution in [0.25, 0.3) is 0 Å². The first-order chi connectivity index (χ1) is 9.91. The number of para-hydroxylation sites is 1. The van der Waals surface area contributed by atoms with Crippen molar-refractivity contribution in [2.24, 2.45) is 0 Å². The maximum Gasteiger partial charge on any atom is 0.243 e. The summed E-state index contributed by atoms with van der Waals surface area (Å²) >= 11 is 1.53. The minimum Gasteiger partial charge on any atom is -0.336 e. The van der Waals surface area contributed by atoms with Gasteiger partial charge < -0.3 is 9.80 Å². The van der Waals surface area contributed by atoms with Gasteiger partial charge in [-0.2, -0.15) is 0 Å². The lowest BCUT2D eigenvalue weighted by atomic mass is 10.2. The first kappa shape index (κ1) is 15.9. The molecule has 0 fully saturated rings. The van der Waals surface area contributed by atoms with Crippen LogP contribution in [0.1, 0.15) is 27.7 Å². The van der Waals surface area contributed by atoms with Crippen molar-refractivity contribution in [3.8, 4) is 0 Å². The van der Waals surface area contributed by atoms with Crippen molar-refractivity contribution in [2.45, 2.75) is 44.7 Å². The predicted octanol–water partition coefficient (Wildman–Crippen LogP) is 2.77. The molecule has 0 aromatic heterocycles. The molecule has 1 heterocycles. The molecule has 0 aliphatic carbocycles. The fraction of sp³-hybridized carbons (Fsp3) is 0.500. The lowest BCUT2D eigenvalue weighted by Crippen LogP contribution is -2.49. The van der Waals surface area contributed by atoms with E-state index < -0.39 is 0 Å². The van der Waals surface area contributed by atoms with Crippen LogP contribution in [0.2, 0.25) is 0 Å². The van der Waals surface area contributed by atoms with E-state index in [0.717, 1.165) is 10.6 Å².